The average molecular weight is 212 g/mol. The van der Waals surface area contributed by atoms with Crippen LogP contribution in [0.15, 0.2) is 12.7 Å². The summed E-state index contributed by atoms with van der Waals surface area (Å²) in [7, 11) is 0. The first-order valence-electron chi connectivity index (χ1n) is 5.62. The molecule has 0 unspecified atom stereocenters. The largest absolute Gasteiger partial charge is 0.463 e. The molecule has 1 aliphatic carbocycles. The maximum Gasteiger partial charge on any atom is 0.330 e. The Morgan fingerprint density at radius 2 is 2.07 bits per heavy atom. The molecule has 1 saturated carbocycles. The van der Waals surface area contributed by atoms with E-state index in [1.807, 2.05) is 0 Å². The Morgan fingerprint density at radius 3 is 2.60 bits per heavy atom. The van der Waals surface area contributed by atoms with E-state index in [4.69, 9.17) is 9.84 Å². The fraction of sp³-hybridized carbons (Fsp3) is 0.750. The Bertz CT molecular complexity index is 217. The summed E-state index contributed by atoms with van der Waals surface area (Å²) in [5, 5.41) is 9.02. The number of hydrogen-bond donors (Lipinski definition) is 1. The quantitative estimate of drug-likeness (QED) is 0.541. The van der Waals surface area contributed by atoms with Gasteiger partial charge in [0.2, 0.25) is 0 Å². The monoisotopic (exact) mass is 212 g/mol. The lowest BCUT2D eigenvalue weighted by atomic mass is 9.80. The summed E-state index contributed by atoms with van der Waals surface area (Å²) in [6.45, 7) is 4.03. The third-order valence-electron chi connectivity index (χ3n) is 3.35. The third kappa shape index (κ3) is 3.67. The summed E-state index contributed by atoms with van der Waals surface area (Å²) in [6.07, 6.45) is 7.66. The van der Waals surface area contributed by atoms with Gasteiger partial charge in [0.25, 0.3) is 0 Å². The highest BCUT2D eigenvalue weighted by Gasteiger charge is 2.32. The lowest BCUT2D eigenvalue weighted by Crippen LogP contribution is -2.21. The van der Waals surface area contributed by atoms with Gasteiger partial charge >= 0.3 is 5.97 Å². The summed E-state index contributed by atoms with van der Waals surface area (Å²) in [4.78, 5) is 10.9. The fourth-order valence-electron chi connectivity index (χ4n) is 2.41. The van der Waals surface area contributed by atoms with Gasteiger partial charge in [-0.05, 0) is 31.1 Å². The summed E-state index contributed by atoms with van der Waals surface area (Å²) >= 11 is 0. The van der Waals surface area contributed by atoms with Crippen molar-refractivity contribution in [2.24, 2.45) is 5.41 Å². The molecule has 0 radical (unpaired) electrons. The molecule has 0 aliphatic heterocycles. The molecule has 1 fully saturated rings. The van der Waals surface area contributed by atoms with E-state index in [1.54, 1.807) is 0 Å². The molecule has 3 heteroatoms. The molecule has 0 aromatic carbocycles. The zero-order valence-corrected chi connectivity index (χ0v) is 9.21. The van der Waals surface area contributed by atoms with E-state index in [-0.39, 0.29) is 18.0 Å². The number of ether oxygens (including phenoxy) is 1. The Hall–Kier alpha value is -0.830. The minimum Gasteiger partial charge on any atom is -0.463 e. The SMILES string of the molecule is C=CC(=O)OCCC1(CCO)CCCC1. The van der Waals surface area contributed by atoms with E-state index in [9.17, 15) is 4.79 Å². The first-order chi connectivity index (χ1) is 7.22. The normalized spacial score (nSPS) is 18.7. The van der Waals surface area contributed by atoms with E-state index >= 15 is 0 Å². The molecule has 0 heterocycles. The smallest absolute Gasteiger partial charge is 0.330 e. The molecule has 86 valence electrons. The van der Waals surface area contributed by atoms with Crippen LogP contribution in [-0.4, -0.2) is 24.3 Å². The van der Waals surface area contributed by atoms with E-state index < -0.39 is 0 Å². The number of carbonyl (C=O) groups is 1. The molecule has 0 bridgehead atoms. The van der Waals surface area contributed by atoms with Gasteiger partial charge in [0.15, 0.2) is 0 Å². The van der Waals surface area contributed by atoms with Gasteiger partial charge in [-0.1, -0.05) is 19.4 Å². The summed E-state index contributed by atoms with van der Waals surface area (Å²) in [5.74, 6) is -0.354. The van der Waals surface area contributed by atoms with Crippen LogP contribution in [0.2, 0.25) is 0 Å². The summed E-state index contributed by atoms with van der Waals surface area (Å²) in [5.41, 5.74) is 0.218. The predicted octanol–water partition coefficient (Wildman–Crippen LogP) is 2.05. The van der Waals surface area contributed by atoms with Crippen LogP contribution in [0.25, 0.3) is 0 Å². The van der Waals surface area contributed by atoms with Crippen LogP contribution < -0.4 is 0 Å². The van der Waals surface area contributed by atoms with Crippen molar-refractivity contribution in [2.75, 3.05) is 13.2 Å². The van der Waals surface area contributed by atoms with E-state index in [0.717, 1.165) is 25.7 Å². The Balaban J connectivity index is 2.32. The first-order valence-corrected chi connectivity index (χ1v) is 5.62. The van der Waals surface area contributed by atoms with E-state index in [2.05, 4.69) is 6.58 Å². The number of aliphatic hydroxyl groups excluding tert-OH is 1. The second-order valence-corrected chi connectivity index (χ2v) is 4.30. The maximum atomic E-state index is 10.9. The van der Waals surface area contributed by atoms with Crippen molar-refractivity contribution in [1.29, 1.82) is 0 Å². The van der Waals surface area contributed by atoms with Crippen molar-refractivity contribution >= 4 is 5.97 Å². The average Bonchev–Trinajstić information content (AvgIpc) is 2.67. The number of aliphatic hydroxyl groups is 1. The van der Waals surface area contributed by atoms with Crippen molar-refractivity contribution in [2.45, 2.75) is 38.5 Å². The van der Waals surface area contributed by atoms with Gasteiger partial charge in [-0.25, -0.2) is 4.79 Å². The van der Waals surface area contributed by atoms with Crippen LogP contribution in [0, 0.1) is 5.41 Å². The van der Waals surface area contributed by atoms with Gasteiger partial charge in [0, 0.05) is 12.7 Å². The van der Waals surface area contributed by atoms with Gasteiger partial charge in [0.1, 0.15) is 0 Å². The molecule has 0 atom stereocenters. The lowest BCUT2D eigenvalue weighted by molar-refractivity contribution is -0.138. The van der Waals surface area contributed by atoms with E-state index in [1.165, 1.54) is 18.9 Å². The molecule has 0 aromatic rings. The maximum absolute atomic E-state index is 10.9. The molecule has 1 N–H and O–H groups in total. The zero-order valence-electron chi connectivity index (χ0n) is 9.21. The Morgan fingerprint density at radius 1 is 1.40 bits per heavy atom. The first kappa shape index (κ1) is 12.2. The minimum atomic E-state index is -0.354. The Labute approximate surface area is 91.1 Å². The van der Waals surface area contributed by atoms with Crippen LogP contribution in [0.3, 0.4) is 0 Å². The standard InChI is InChI=1S/C12H20O3/c1-2-11(14)15-10-8-12(7-9-13)5-3-4-6-12/h2,13H,1,3-10H2. The zero-order chi connectivity index (χ0) is 11.1. The molecule has 15 heavy (non-hydrogen) atoms. The highest BCUT2D eigenvalue weighted by molar-refractivity contribution is 5.81. The molecule has 3 nitrogen and oxygen atoms in total. The lowest BCUT2D eigenvalue weighted by Gasteiger charge is -2.27. The number of esters is 1. The van der Waals surface area contributed by atoms with Gasteiger partial charge in [0.05, 0.1) is 6.61 Å². The van der Waals surface area contributed by atoms with Crippen LogP contribution >= 0.6 is 0 Å². The van der Waals surface area contributed by atoms with Crippen LogP contribution in [-0.2, 0) is 9.53 Å². The summed E-state index contributed by atoms with van der Waals surface area (Å²) < 4.78 is 4.99. The fourth-order valence-corrected chi connectivity index (χ4v) is 2.41. The van der Waals surface area contributed by atoms with Gasteiger partial charge < -0.3 is 9.84 Å². The number of hydrogen-bond acceptors (Lipinski definition) is 3. The molecule has 0 spiro atoms. The highest BCUT2D eigenvalue weighted by Crippen LogP contribution is 2.43. The van der Waals surface area contributed by atoms with Gasteiger partial charge in [-0.2, -0.15) is 0 Å². The minimum absolute atomic E-state index is 0.218. The molecule has 0 aromatic heterocycles. The highest BCUT2D eigenvalue weighted by atomic mass is 16.5. The molecule has 0 saturated heterocycles. The topological polar surface area (TPSA) is 46.5 Å². The molecular weight excluding hydrogens is 192 g/mol. The molecule has 0 amide bonds. The van der Waals surface area contributed by atoms with Gasteiger partial charge in [-0.15, -0.1) is 0 Å². The second-order valence-electron chi connectivity index (χ2n) is 4.30. The summed E-state index contributed by atoms with van der Waals surface area (Å²) in [6, 6.07) is 0. The van der Waals surface area contributed by atoms with E-state index in [0.29, 0.717) is 6.61 Å². The van der Waals surface area contributed by atoms with Crippen molar-refractivity contribution in [3.63, 3.8) is 0 Å². The van der Waals surface area contributed by atoms with Crippen molar-refractivity contribution < 1.29 is 14.6 Å². The van der Waals surface area contributed by atoms with Gasteiger partial charge in [-0.3, -0.25) is 0 Å². The number of carbonyl (C=O) groups excluding carboxylic acids is 1. The third-order valence-corrected chi connectivity index (χ3v) is 3.35. The molecule has 1 rings (SSSR count). The van der Waals surface area contributed by atoms with Crippen molar-refractivity contribution in [3.8, 4) is 0 Å². The van der Waals surface area contributed by atoms with Crippen LogP contribution in [0.5, 0.6) is 0 Å². The van der Waals surface area contributed by atoms with Crippen molar-refractivity contribution in [1.82, 2.24) is 0 Å². The predicted molar refractivity (Wildman–Crippen MR) is 58.4 cm³/mol. The number of rotatable bonds is 6. The van der Waals surface area contributed by atoms with Crippen LogP contribution in [0.1, 0.15) is 38.5 Å². The molecular formula is C12H20O3. The molecule has 1 aliphatic rings. The Kier molecular flexibility index (Phi) is 4.82. The second kappa shape index (κ2) is 5.91. The van der Waals surface area contributed by atoms with Crippen LogP contribution in [0.4, 0.5) is 0 Å². The van der Waals surface area contributed by atoms with Crippen molar-refractivity contribution in [3.05, 3.63) is 12.7 Å².